The van der Waals surface area contributed by atoms with Gasteiger partial charge in [0.05, 0.1) is 18.1 Å². The van der Waals surface area contributed by atoms with Gasteiger partial charge in [0.2, 0.25) is 0 Å². The number of nitrogens with zero attached hydrogens (tertiary/aromatic N) is 2. The van der Waals surface area contributed by atoms with E-state index in [4.69, 9.17) is 5.26 Å². The van der Waals surface area contributed by atoms with Crippen molar-refractivity contribution in [2.75, 3.05) is 0 Å². The van der Waals surface area contributed by atoms with Gasteiger partial charge in [-0.25, -0.2) is 0 Å². The Morgan fingerprint density at radius 2 is 2.00 bits per heavy atom. The van der Waals surface area contributed by atoms with Crippen LogP contribution in [0, 0.1) is 18.3 Å². The smallest absolute Gasteiger partial charge is 0.321 e. The minimum atomic E-state index is -4.43. The fraction of sp³-hybridized carbons (Fsp3) is 0.200. The number of hydrogen-bond donors (Lipinski definition) is 0. The van der Waals surface area contributed by atoms with Gasteiger partial charge in [-0.15, -0.1) is 0 Å². The van der Waals surface area contributed by atoms with Gasteiger partial charge in [-0.2, -0.15) is 18.4 Å². The van der Waals surface area contributed by atoms with Crippen molar-refractivity contribution in [2.24, 2.45) is 0 Å². The molecule has 1 aromatic carbocycles. The lowest BCUT2D eigenvalue weighted by molar-refractivity contribution is -0.137. The summed E-state index contributed by atoms with van der Waals surface area (Å²) in [4.78, 5) is 11.7. The molecule has 21 heavy (non-hydrogen) atoms. The van der Waals surface area contributed by atoms with Crippen LogP contribution in [0.3, 0.4) is 0 Å². The molecule has 1 heterocycles. The molecule has 108 valence electrons. The molecule has 0 radical (unpaired) electrons. The minimum Gasteiger partial charge on any atom is -0.321 e. The average Bonchev–Trinajstić information content (AvgIpc) is 2.41. The fourth-order valence-electron chi connectivity index (χ4n) is 2.00. The quantitative estimate of drug-likeness (QED) is 0.853. The second kappa shape index (κ2) is 5.44. The lowest BCUT2D eigenvalue weighted by Gasteiger charge is -2.14. The zero-order chi connectivity index (χ0) is 15.6. The Morgan fingerprint density at radius 3 is 2.62 bits per heavy atom. The lowest BCUT2D eigenvalue weighted by atomic mass is 10.1. The Labute approximate surface area is 118 Å². The number of pyridine rings is 1. The molecule has 0 spiro atoms. The van der Waals surface area contributed by atoms with Gasteiger partial charge in [-0.3, -0.25) is 4.79 Å². The molecule has 0 N–H and O–H groups in total. The highest BCUT2D eigenvalue weighted by atomic mass is 19.4. The van der Waals surface area contributed by atoms with Crippen LogP contribution in [0.4, 0.5) is 13.2 Å². The van der Waals surface area contributed by atoms with Gasteiger partial charge in [-0.1, -0.05) is 6.07 Å². The highest BCUT2D eigenvalue weighted by Crippen LogP contribution is 2.30. The molecule has 1 aromatic heterocycles. The summed E-state index contributed by atoms with van der Waals surface area (Å²) >= 11 is 0. The van der Waals surface area contributed by atoms with Crippen molar-refractivity contribution in [2.45, 2.75) is 19.5 Å². The van der Waals surface area contributed by atoms with Crippen LogP contribution in [0.25, 0.3) is 5.69 Å². The van der Waals surface area contributed by atoms with E-state index in [0.29, 0.717) is 11.4 Å². The Bertz CT molecular complexity index is 770. The number of halogens is 3. The summed E-state index contributed by atoms with van der Waals surface area (Å²) in [5.41, 5.74) is -0.0137. The molecule has 0 unspecified atom stereocenters. The van der Waals surface area contributed by atoms with E-state index in [0.717, 1.165) is 12.1 Å². The van der Waals surface area contributed by atoms with Gasteiger partial charge < -0.3 is 4.57 Å². The number of rotatable bonds is 2. The summed E-state index contributed by atoms with van der Waals surface area (Å²) in [6.45, 7) is 1.62. The highest BCUT2D eigenvalue weighted by Gasteiger charge is 2.30. The molecule has 0 aliphatic carbocycles. The Balaban J connectivity index is 2.60. The van der Waals surface area contributed by atoms with E-state index in [1.165, 1.54) is 29.0 Å². The van der Waals surface area contributed by atoms with Gasteiger partial charge in [-0.05, 0) is 25.1 Å². The first kappa shape index (κ1) is 14.9. The van der Waals surface area contributed by atoms with Crippen LogP contribution in [-0.2, 0) is 12.6 Å². The predicted molar refractivity (Wildman–Crippen MR) is 71.1 cm³/mol. The van der Waals surface area contributed by atoms with Crippen molar-refractivity contribution < 1.29 is 13.2 Å². The molecule has 0 fully saturated rings. The van der Waals surface area contributed by atoms with Gasteiger partial charge in [0.15, 0.2) is 5.43 Å². The van der Waals surface area contributed by atoms with Gasteiger partial charge in [0.1, 0.15) is 0 Å². The third-order valence-electron chi connectivity index (χ3n) is 3.04. The summed E-state index contributed by atoms with van der Waals surface area (Å²) in [7, 11) is 0. The van der Waals surface area contributed by atoms with Crippen LogP contribution in [0.15, 0.2) is 41.3 Å². The van der Waals surface area contributed by atoms with E-state index in [1.54, 1.807) is 6.92 Å². The standard InChI is InChI=1S/C15H11F3N2O/c1-10-7-14(21)11(5-6-19)9-20(10)13-4-2-3-12(8-13)15(16,17)18/h2-4,7-9H,5H2,1H3. The lowest BCUT2D eigenvalue weighted by Crippen LogP contribution is -2.14. The molecule has 0 saturated carbocycles. The first-order valence-electron chi connectivity index (χ1n) is 6.09. The molecule has 0 bridgehead atoms. The third kappa shape index (κ3) is 3.14. The predicted octanol–water partition coefficient (Wildman–Crippen LogP) is 3.23. The number of benzene rings is 1. The molecule has 3 nitrogen and oxygen atoms in total. The third-order valence-corrected chi connectivity index (χ3v) is 3.04. The Kier molecular flexibility index (Phi) is 3.85. The second-order valence-electron chi connectivity index (χ2n) is 4.56. The number of aromatic nitrogens is 1. The zero-order valence-electron chi connectivity index (χ0n) is 11.1. The van der Waals surface area contributed by atoms with Crippen molar-refractivity contribution in [3.05, 3.63) is 63.6 Å². The SMILES string of the molecule is Cc1cc(=O)c(CC#N)cn1-c1cccc(C(F)(F)F)c1. The Hall–Kier alpha value is -2.55. The molecule has 2 aromatic rings. The normalized spacial score (nSPS) is 11.2. The minimum absolute atomic E-state index is 0.0852. The summed E-state index contributed by atoms with van der Waals surface area (Å²) in [5.74, 6) is 0. The largest absolute Gasteiger partial charge is 0.416 e. The topological polar surface area (TPSA) is 45.8 Å². The van der Waals surface area contributed by atoms with Crippen molar-refractivity contribution >= 4 is 0 Å². The summed E-state index contributed by atoms with van der Waals surface area (Å²) < 4.78 is 39.7. The molecular formula is C15H11F3N2O. The molecule has 0 saturated heterocycles. The van der Waals surface area contributed by atoms with E-state index >= 15 is 0 Å². The van der Waals surface area contributed by atoms with Gasteiger partial charge >= 0.3 is 6.18 Å². The van der Waals surface area contributed by atoms with E-state index in [9.17, 15) is 18.0 Å². The van der Waals surface area contributed by atoms with Crippen LogP contribution in [-0.4, -0.2) is 4.57 Å². The van der Waals surface area contributed by atoms with Crippen LogP contribution in [0.1, 0.15) is 16.8 Å². The summed E-state index contributed by atoms with van der Waals surface area (Å²) in [5, 5.41) is 8.68. The van der Waals surface area contributed by atoms with Crippen molar-refractivity contribution in [3.63, 3.8) is 0 Å². The van der Waals surface area contributed by atoms with Crippen LogP contribution in [0.5, 0.6) is 0 Å². The summed E-state index contributed by atoms with van der Waals surface area (Å²) in [6.07, 6.45) is -3.10. The number of alkyl halides is 3. The first-order chi connectivity index (χ1) is 9.82. The first-order valence-corrected chi connectivity index (χ1v) is 6.09. The summed E-state index contributed by atoms with van der Waals surface area (Å²) in [6, 6.07) is 7.99. The molecule has 0 aliphatic rings. The second-order valence-corrected chi connectivity index (χ2v) is 4.56. The number of hydrogen-bond acceptors (Lipinski definition) is 2. The van der Waals surface area contributed by atoms with Crippen molar-refractivity contribution in [3.8, 4) is 11.8 Å². The average molecular weight is 292 g/mol. The number of nitriles is 1. The zero-order valence-corrected chi connectivity index (χ0v) is 11.1. The maximum absolute atomic E-state index is 12.7. The Morgan fingerprint density at radius 1 is 1.29 bits per heavy atom. The molecule has 0 amide bonds. The molecule has 0 aliphatic heterocycles. The van der Waals surface area contributed by atoms with E-state index in [-0.39, 0.29) is 17.4 Å². The van der Waals surface area contributed by atoms with Crippen molar-refractivity contribution in [1.82, 2.24) is 4.57 Å². The monoisotopic (exact) mass is 292 g/mol. The van der Waals surface area contributed by atoms with Crippen LogP contribution >= 0.6 is 0 Å². The molecule has 0 atom stereocenters. The van der Waals surface area contributed by atoms with Gasteiger partial charge in [0, 0.05) is 29.2 Å². The van der Waals surface area contributed by atoms with E-state index < -0.39 is 11.7 Å². The molecule has 6 heteroatoms. The van der Waals surface area contributed by atoms with Gasteiger partial charge in [0.25, 0.3) is 0 Å². The molecular weight excluding hydrogens is 281 g/mol. The van der Waals surface area contributed by atoms with E-state index in [1.807, 2.05) is 6.07 Å². The van der Waals surface area contributed by atoms with Crippen LogP contribution < -0.4 is 5.43 Å². The van der Waals surface area contributed by atoms with Crippen molar-refractivity contribution in [1.29, 1.82) is 5.26 Å². The number of aryl methyl sites for hydroxylation is 1. The highest BCUT2D eigenvalue weighted by molar-refractivity contribution is 5.40. The fourth-order valence-corrected chi connectivity index (χ4v) is 2.00. The van der Waals surface area contributed by atoms with Crippen LogP contribution in [0.2, 0.25) is 0 Å². The van der Waals surface area contributed by atoms with E-state index in [2.05, 4.69) is 0 Å². The maximum Gasteiger partial charge on any atom is 0.416 e. The maximum atomic E-state index is 12.7. The molecule has 2 rings (SSSR count).